The normalized spacial score (nSPS) is 11.7. The Bertz CT molecular complexity index is 679. The Morgan fingerprint density at radius 1 is 1.20 bits per heavy atom. The van der Waals surface area contributed by atoms with E-state index in [0.717, 1.165) is 14.3 Å². The summed E-state index contributed by atoms with van der Waals surface area (Å²) in [7, 11) is 0. The van der Waals surface area contributed by atoms with Gasteiger partial charge < -0.3 is 10.9 Å². The molecule has 0 unspecified atom stereocenters. The van der Waals surface area contributed by atoms with Gasteiger partial charge in [-0.3, -0.25) is 0 Å². The van der Waals surface area contributed by atoms with Crippen molar-refractivity contribution in [1.82, 2.24) is 0 Å². The van der Waals surface area contributed by atoms with Crippen molar-refractivity contribution in [2.75, 3.05) is 0 Å². The number of nitrogens with zero attached hydrogens (tertiary/aromatic N) is 1. The van der Waals surface area contributed by atoms with Crippen LogP contribution in [0.25, 0.3) is 0 Å². The van der Waals surface area contributed by atoms with Gasteiger partial charge in [0, 0.05) is 24.8 Å². The van der Waals surface area contributed by atoms with Crippen LogP contribution < -0.4 is 5.73 Å². The van der Waals surface area contributed by atoms with Crippen LogP contribution in [0.5, 0.6) is 0 Å². The number of oxime groups is 1. The van der Waals surface area contributed by atoms with Gasteiger partial charge in [-0.2, -0.15) is 0 Å². The molecule has 2 aromatic carbocycles. The average molecular weight is 392 g/mol. The summed E-state index contributed by atoms with van der Waals surface area (Å²) >= 11 is 17.0. The Hall–Kier alpha value is -0.880. The second-order valence-electron chi connectivity index (χ2n) is 3.80. The first-order valence-corrected chi connectivity index (χ1v) is 7.78. The first-order chi connectivity index (χ1) is 9.51. The van der Waals surface area contributed by atoms with Gasteiger partial charge in [0.1, 0.15) is 0 Å². The third kappa shape index (κ3) is 3.61. The monoisotopic (exact) mass is 390 g/mol. The zero-order chi connectivity index (χ0) is 14.7. The minimum Gasteiger partial charge on any atom is -0.409 e. The molecule has 0 aliphatic rings. The summed E-state index contributed by atoms with van der Waals surface area (Å²) in [6.45, 7) is 0. The molecule has 0 spiro atoms. The molecule has 0 bridgehead atoms. The molecule has 20 heavy (non-hydrogen) atoms. The van der Waals surface area contributed by atoms with Crippen molar-refractivity contribution in [3.63, 3.8) is 0 Å². The van der Waals surface area contributed by atoms with E-state index in [1.165, 1.54) is 11.8 Å². The van der Waals surface area contributed by atoms with Crippen LogP contribution in [0.15, 0.2) is 55.8 Å². The molecule has 0 amide bonds. The molecule has 0 radical (unpaired) electrons. The summed E-state index contributed by atoms with van der Waals surface area (Å²) in [5.41, 5.74) is 6.19. The maximum atomic E-state index is 8.69. The number of benzene rings is 2. The summed E-state index contributed by atoms with van der Waals surface area (Å²) in [4.78, 5) is 1.82. The molecular weight excluding hydrogens is 383 g/mol. The number of hydrogen-bond acceptors (Lipinski definition) is 3. The minimum absolute atomic E-state index is 0.0502. The standard InChI is InChI=1S/C13H9BrCl2N2OS/c14-10-6-8(2-3-9(10)13(17)18-19)20-12-5-7(15)1-4-11(12)16/h1-6,19H,(H2,17,18). The molecule has 3 nitrogen and oxygen atoms in total. The zero-order valence-electron chi connectivity index (χ0n) is 9.98. The Balaban J connectivity index is 2.31. The molecule has 0 atom stereocenters. The van der Waals surface area contributed by atoms with E-state index in [1.807, 2.05) is 12.1 Å². The van der Waals surface area contributed by atoms with Crippen molar-refractivity contribution in [3.8, 4) is 0 Å². The van der Waals surface area contributed by atoms with Gasteiger partial charge in [-0.25, -0.2) is 0 Å². The summed E-state index contributed by atoms with van der Waals surface area (Å²) in [5, 5.41) is 12.9. The number of hydrogen-bond donors (Lipinski definition) is 2. The Morgan fingerprint density at radius 3 is 2.60 bits per heavy atom. The highest BCUT2D eigenvalue weighted by Gasteiger charge is 2.08. The number of rotatable bonds is 3. The molecule has 2 rings (SSSR count). The van der Waals surface area contributed by atoms with Crippen molar-refractivity contribution in [3.05, 3.63) is 56.5 Å². The predicted molar refractivity (Wildman–Crippen MR) is 87.2 cm³/mol. The van der Waals surface area contributed by atoms with Crippen LogP contribution >= 0.6 is 50.9 Å². The van der Waals surface area contributed by atoms with E-state index in [2.05, 4.69) is 21.1 Å². The lowest BCUT2D eigenvalue weighted by molar-refractivity contribution is 0.318. The Labute approximate surface area is 138 Å². The summed E-state index contributed by atoms with van der Waals surface area (Å²) in [5.74, 6) is 0.0502. The molecule has 104 valence electrons. The lowest BCUT2D eigenvalue weighted by atomic mass is 10.2. The van der Waals surface area contributed by atoms with Crippen LogP contribution in [0.1, 0.15) is 5.56 Å². The van der Waals surface area contributed by atoms with E-state index < -0.39 is 0 Å². The molecule has 0 aliphatic heterocycles. The van der Waals surface area contributed by atoms with Crippen molar-refractivity contribution < 1.29 is 5.21 Å². The fourth-order valence-corrected chi connectivity index (χ4v) is 3.63. The van der Waals surface area contributed by atoms with Gasteiger partial charge in [-0.1, -0.05) is 40.1 Å². The summed E-state index contributed by atoms with van der Waals surface area (Å²) < 4.78 is 0.732. The van der Waals surface area contributed by atoms with Gasteiger partial charge in [0.2, 0.25) is 0 Å². The zero-order valence-corrected chi connectivity index (χ0v) is 13.9. The molecule has 2 aromatic rings. The molecule has 0 aliphatic carbocycles. The van der Waals surface area contributed by atoms with E-state index in [4.69, 9.17) is 34.1 Å². The second kappa shape index (κ2) is 6.72. The smallest absolute Gasteiger partial charge is 0.171 e. The van der Waals surface area contributed by atoms with Crippen molar-refractivity contribution >= 4 is 56.7 Å². The first kappa shape index (κ1) is 15.5. The van der Waals surface area contributed by atoms with Gasteiger partial charge in [-0.05, 0) is 52.3 Å². The third-order valence-electron chi connectivity index (χ3n) is 2.45. The quantitative estimate of drug-likeness (QED) is 0.335. The lowest BCUT2D eigenvalue weighted by Gasteiger charge is -2.07. The van der Waals surface area contributed by atoms with Crippen LogP contribution in [0, 0.1) is 0 Å². The number of nitrogens with two attached hydrogens (primary N) is 1. The molecule has 0 aromatic heterocycles. The van der Waals surface area contributed by atoms with Crippen molar-refractivity contribution in [2.45, 2.75) is 9.79 Å². The van der Waals surface area contributed by atoms with Crippen LogP contribution in [0.3, 0.4) is 0 Å². The molecule has 0 fully saturated rings. The highest BCUT2D eigenvalue weighted by atomic mass is 79.9. The van der Waals surface area contributed by atoms with E-state index in [9.17, 15) is 0 Å². The third-order valence-corrected chi connectivity index (χ3v) is 4.83. The maximum absolute atomic E-state index is 8.69. The molecule has 0 saturated carbocycles. The summed E-state index contributed by atoms with van der Waals surface area (Å²) in [6.07, 6.45) is 0. The number of halogens is 3. The van der Waals surface area contributed by atoms with E-state index >= 15 is 0 Å². The van der Waals surface area contributed by atoms with E-state index in [1.54, 1.807) is 24.3 Å². The molecule has 7 heteroatoms. The van der Waals surface area contributed by atoms with Crippen molar-refractivity contribution in [2.24, 2.45) is 10.9 Å². The topological polar surface area (TPSA) is 58.6 Å². The lowest BCUT2D eigenvalue weighted by Crippen LogP contribution is -2.13. The van der Waals surface area contributed by atoms with Crippen LogP contribution in [0.4, 0.5) is 0 Å². The second-order valence-corrected chi connectivity index (χ2v) is 6.62. The molecule has 3 N–H and O–H groups in total. The van der Waals surface area contributed by atoms with Gasteiger partial charge in [0.15, 0.2) is 5.84 Å². The molecule has 0 heterocycles. The molecular formula is C13H9BrCl2N2OS. The maximum Gasteiger partial charge on any atom is 0.171 e. The Kier molecular flexibility index (Phi) is 5.21. The Morgan fingerprint density at radius 2 is 1.95 bits per heavy atom. The highest BCUT2D eigenvalue weighted by Crippen LogP contribution is 2.36. The number of amidine groups is 1. The van der Waals surface area contributed by atoms with Gasteiger partial charge >= 0.3 is 0 Å². The van der Waals surface area contributed by atoms with E-state index in [-0.39, 0.29) is 5.84 Å². The largest absolute Gasteiger partial charge is 0.409 e. The van der Waals surface area contributed by atoms with Crippen LogP contribution in [0.2, 0.25) is 10.0 Å². The van der Waals surface area contributed by atoms with Gasteiger partial charge in [0.25, 0.3) is 0 Å². The average Bonchev–Trinajstić information content (AvgIpc) is 2.42. The molecule has 0 saturated heterocycles. The van der Waals surface area contributed by atoms with Gasteiger partial charge in [-0.15, -0.1) is 0 Å². The fourth-order valence-electron chi connectivity index (χ4n) is 1.50. The summed E-state index contributed by atoms with van der Waals surface area (Å²) in [6, 6.07) is 10.8. The predicted octanol–water partition coefficient (Wildman–Crippen LogP) is 5.00. The minimum atomic E-state index is 0.0502. The van der Waals surface area contributed by atoms with Crippen LogP contribution in [-0.4, -0.2) is 11.0 Å². The van der Waals surface area contributed by atoms with Gasteiger partial charge in [0.05, 0.1) is 5.02 Å². The van der Waals surface area contributed by atoms with Crippen LogP contribution in [-0.2, 0) is 0 Å². The fraction of sp³-hybridized carbons (Fsp3) is 0. The SMILES string of the molecule is N/C(=N/O)c1ccc(Sc2cc(Cl)ccc2Cl)cc1Br. The van der Waals surface area contributed by atoms with E-state index in [0.29, 0.717) is 15.6 Å². The van der Waals surface area contributed by atoms with Crippen molar-refractivity contribution in [1.29, 1.82) is 0 Å². The highest BCUT2D eigenvalue weighted by molar-refractivity contribution is 9.10. The first-order valence-electron chi connectivity index (χ1n) is 5.41.